The normalized spacial score (nSPS) is 10.8. The van der Waals surface area contributed by atoms with Crippen LogP contribution < -0.4 is 10.6 Å². The van der Waals surface area contributed by atoms with Gasteiger partial charge in [0, 0.05) is 17.6 Å². The van der Waals surface area contributed by atoms with Gasteiger partial charge in [0.2, 0.25) is 0 Å². The Hall–Kier alpha value is -3.06. The van der Waals surface area contributed by atoms with Crippen molar-refractivity contribution in [3.8, 4) is 6.07 Å². The van der Waals surface area contributed by atoms with Crippen LogP contribution in [0.25, 0.3) is 0 Å². The van der Waals surface area contributed by atoms with Gasteiger partial charge in [0.05, 0.1) is 0 Å². The highest BCUT2D eigenvalue weighted by molar-refractivity contribution is 6.07. The van der Waals surface area contributed by atoms with Crippen LogP contribution in [0.15, 0.2) is 54.2 Å². The van der Waals surface area contributed by atoms with Gasteiger partial charge in [-0.1, -0.05) is 35.9 Å². The second kappa shape index (κ2) is 7.28. The molecule has 2 aromatic rings. The minimum absolute atomic E-state index is 0.0215. The van der Waals surface area contributed by atoms with E-state index in [0.29, 0.717) is 5.69 Å². The summed E-state index contributed by atoms with van der Waals surface area (Å²) in [7, 11) is 0. The van der Waals surface area contributed by atoms with E-state index >= 15 is 0 Å². The van der Waals surface area contributed by atoms with Gasteiger partial charge in [0.1, 0.15) is 11.6 Å². The number of amides is 1. The third-order valence-corrected chi connectivity index (χ3v) is 3.51. The lowest BCUT2D eigenvalue weighted by atomic mass is 10.1. The predicted octanol–water partition coefficient (Wildman–Crippen LogP) is 4.07. The molecule has 4 nitrogen and oxygen atoms in total. The summed E-state index contributed by atoms with van der Waals surface area (Å²) in [6.07, 6.45) is 1.43. The van der Waals surface area contributed by atoms with Crippen molar-refractivity contribution in [1.29, 1.82) is 5.26 Å². The van der Waals surface area contributed by atoms with Crippen LogP contribution in [0.5, 0.6) is 0 Å². The molecule has 23 heavy (non-hydrogen) atoms. The molecule has 0 saturated carbocycles. The molecule has 0 aromatic heterocycles. The zero-order valence-corrected chi connectivity index (χ0v) is 13.5. The fourth-order valence-corrected chi connectivity index (χ4v) is 2.18. The van der Waals surface area contributed by atoms with E-state index in [-0.39, 0.29) is 5.57 Å². The fourth-order valence-electron chi connectivity index (χ4n) is 2.18. The molecular weight excluding hydrogens is 286 g/mol. The van der Waals surface area contributed by atoms with E-state index < -0.39 is 5.91 Å². The van der Waals surface area contributed by atoms with Crippen LogP contribution in [0.3, 0.4) is 0 Å². The molecular formula is C19H19N3O. The fraction of sp³-hybridized carbons (Fsp3) is 0.158. The van der Waals surface area contributed by atoms with E-state index in [9.17, 15) is 10.1 Å². The molecule has 0 aliphatic carbocycles. The number of hydrogen-bond acceptors (Lipinski definition) is 3. The van der Waals surface area contributed by atoms with Crippen molar-refractivity contribution in [1.82, 2.24) is 0 Å². The van der Waals surface area contributed by atoms with E-state index in [1.165, 1.54) is 6.20 Å². The number of rotatable bonds is 4. The maximum absolute atomic E-state index is 12.2. The number of benzene rings is 2. The molecule has 0 bridgehead atoms. The van der Waals surface area contributed by atoms with Crippen molar-refractivity contribution in [3.63, 3.8) is 0 Å². The summed E-state index contributed by atoms with van der Waals surface area (Å²) in [5.74, 6) is -0.430. The first-order valence-electron chi connectivity index (χ1n) is 7.32. The molecule has 1 amide bonds. The smallest absolute Gasteiger partial charge is 0.267 e. The van der Waals surface area contributed by atoms with Crippen molar-refractivity contribution < 1.29 is 4.79 Å². The van der Waals surface area contributed by atoms with E-state index in [4.69, 9.17) is 0 Å². The van der Waals surface area contributed by atoms with Gasteiger partial charge in [-0.2, -0.15) is 5.26 Å². The van der Waals surface area contributed by atoms with Crippen LogP contribution in [0.2, 0.25) is 0 Å². The molecule has 116 valence electrons. The Morgan fingerprint density at radius 1 is 1.04 bits per heavy atom. The number of nitrogens with one attached hydrogen (secondary N) is 2. The molecule has 0 aliphatic heterocycles. The largest absolute Gasteiger partial charge is 0.360 e. The first kappa shape index (κ1) is 16.3. The minimum atomic E-state index is -0.430. The predicted molar refractivity (Wildman–Crippen MR) is 93.0 cm³/mol. The molecule has 0 aliphatic rings. The Bertz CT molecular complexity index is 801. The zero-order valence-electron chi connectivity index (χ0n) is 13.5. The molecule has 0 atom stereocenters. The van der Waals surface area contributed by atoms with Gasteiger partial charge in [-0.15, -0.1) is 0 Å². The van der Waals surface area contributed by atoms with Crippen molar-refractivity contribution in [2.75, 3.05) is 10.6 Å². The number of nitrogens with zero attached hydrogens (tertiary/aromatic N) is 1. The van der Waals surface area contributed by atoms with Gasteiger partial charge in [0.15, 0.2) is 0 Å². The Kier molecular flexibility index (Phi) is 5.16. The highest BCUT2D eigenvalue weighted by Crippen LogP contribution is 2.17. The SMILES string of the molecule is Cc1ccc(NC(=O)/C(C#N)=C\Nc2ccccc2C)c(C)c1. The molecule has 2 aromatic carbocycles. The van der Waals surface area contributed by atoms with Crippen molar-refractivity contribution in [3.05, 3.63) is 70.9 Å². The summed E-state index contributed by atoms with van der Waals surface area (Å²) in [5.41, 5.74) is 4.71. The topological polar surface area (TPSA) is 64.9 Å². The van der Waals surface area contributed by atoms with Crippen LogP contribution >= 0.6 is 0 Å². The molecule has 0 heterocycles. The molecule has 0 unspecified atom stereocenters. The Balaban J connectivity index is 2.14. The summed E-state index contributed by atoms with van der Waals surface area (Å²) in [6.45, 7) is 5.87. The maximum atomic E-state index is 12.2. The second-order valence-corrected chi connectivity index (χ2v) is 5.40. The Morgan fingerprint density at radius 3 is 2.43 bits per heavy atom. The van der Waals surface area contributed by atoms with Gasteiger partial charge in [0.25, 0.3) is 5.91 Å². The number of nitriles is 1. The highest BCUT2D eigenvalue weighted by Gasteiger charge is 2.10. The van der Waals surface area contributed by atoms with Gasteiger partial charge in [-0.05, 0) is 44.0 Å². The Morgan fingerprint density at radius 2 is 1.78 bits per heavy atom. The second-order valence-electron chi connectivity index (χ2n) is 5.40. The lowest BCUT2D eigenvalue weighted by Gasteiger charge is -2.09. The van der Waals surface area contributed by atoms with Crippen molar-refractivity contribution in [2.45, 2.75) is 20.8 Å². The summed E-state index contributed by atoms with van der Waals surface area (Å²) >= 11 is 0. The van der Waals surface area contributed by atoms with E-state index in [2.05, 4.69) is 10.6 Å². The highest BCUT2D eigenvalue weighted by atomic mass is 16.1. The summed E-state index contributed by atoms with van der Waals surface area (Å²) in [6, 6.07) is 15.3. The van der Waals surface area contributed by atoms with Crippen LogP contribution in [0.1, 0.15) is 16.7 Å². The average molecular weight is 305 g/mol. The van der Waals surface area contributed by atoms with E-state index in [0.717, 1.165) is 22.4 Å². The van der Waals surface area contributed by atoms with Gasteiger partial charge < -0.3 is 10.6 Å². The Labute approximate surface area is 136 Å². The van der Waals surface area contributed by atoms with Gasteiger partial charge in [-0.3, -0.25) is 4.79 Å². The lowest BCUT2D eigenvalue weighted by Crippen LogP contribution is -2.15. The third-order valence-electron chi connectivity index (χ3n) is 3.51. The number of anilines is 2. The first-order chi connectivity index (χ1) is 11.0. The van der Waals surface area contributed by atoms with Gasteiger partial charge in [-0.25, -0.2) is 0 Å². The van der Waals surface area contributed by atoms with Crippen molar-refractivity contribution >= 4 is 17.3 Å². The van der Waals surface area contributed by atoms with Crippen LogP contribution in [0, 0.1) is 32.1 Å². The lowest BCUT2D eigenvalue weighted by molar-refractivity contribution is -0.112. The molecule has 4 heteroatoms. The van der Waals surface area contributed by atoms with Crippen LogP contribution in [-0.4, -0.2) is 5.91 Å². The number of aryl methyl sites for hydroxylation is 3. The quantitative estimate of drug-likeness (QED) is 0.661. The van der Waals surface area contributed by atoms with E-state index in [1.807, 2.05) is 69.3 Å². The average Bonchev–Trinajstić information content (AvgIpc) is 2.52. The van der Waals surface area contributed by atoms with E-state index in [1.54, 1.807) is 0 Å². The third kappa shape index (κ3) is 4.21. The number of hydrogen-bond donors (Lipinski definition) is 2. The number of carbonyl (C=O) groups is 1. The molecule has 2 N–H and O–H groups in total. The monoisotopic (exact) mass is 305 g/mol. The summed E-state index contributed by atoms with van der Waals surface area (Å²) in [5, 5.41) is 15.0. The van der Waals surface area contributed by atoms with Gasteiger partial charge >= 0.3 is 0 Å². The maximum Gasteiger partial charge on any atom is 0.267 e. The van der Waals surface area contributed by atoms with Crippen LogP contribution in [0.4, 0.5) is 11.4 Å². The zero-order chi connectivity index (χ0) is 16.8. The molecule has 0 radical (unpaired) electrons. The molecule has 0 saturated heterocycles. The number of para-hydroxylation sites is 1. The summed E-state index contributed by atoms with van der Waals surface area (Å²) < 4.78 is 0. The first-order valence-corrected chi connectivity index (χ1v) is 7.32. The van der Waals surface area contributed by atoms with Crippen LogP contribution in [-0.2, 0) is 4.79 Å². The van der Waals surface area contributed by atoms with Crippen molar-refractivity contribution in [2.24, 2.45) is 0 Å². The standard InChI is InChI=1S/C19H19N3O/c1-13-8-9-18(15(3)10-13)22-19(23)16(11-20)12-21-17-7-5-4-6-14(17)2/h4-10,12,21H,1-3H3,(H,22,23)/b16-12-. The summed E-state index contributed by atoms with van der Waals surface area (Å²) in [4.78, 5) is 12.2. The molecule has 0 fully saturated rings. The molecule has 2 rings (SSSR count). The molecule has 0 spiro atoms. The number of carbonyl (C=O) groups excluding carboxylic acids is 1. The minimum Gasteiger partial charge on any atom is -0.360 e.